The number of methoxy groups -OCH3 is 1. The minimum Gasteiger partial charge on any atom is -0.507 e. The minimum absolute atomic E-state index is 0.0331. The molecule has 0 radical (unpaired) electrons. The Morgan fingerprint density at radius 2 is 1.76 bits per heavy atom. The molecule has 1 fully saturated rings. The summed E-state index contributed by atoms with van der Waals surface area (Å²) in [4.78, 5) is 28.2. The van der Waals surface area contributed by atoms with Crippen molar-refractivity contribution in [2.45, 2.75) is 32.5 Å². The minimum atomic E-state index is -0.905. The van der Waals surface area contributed by atoms with Crippen molar-refractivity contribution in [1.29, 1.82) is 0 Å². The number of carbonyl (C=O) groups is 2. The van der Waals surface area contributed by atoms with E-state index in [9.17, 15) is 14.7 Å². The lowest BCUT2D eigenvalue weighted by Crippen LogP contribution is -2.29. The fourth-order valence-corrected chi connectivity index (χ4v) is 4.78. The molecule has 1 saturated heterocycles. The number of carbonyl (C=O) groups excluding carboxylic acids is 2. The summed E-state index contributed by atoms with van der Waals surface area (Å²) in [6.45, 7) is 2.88. The van der Waals surface area contributed by atoms with Crippen molar-refractivity contribution in [2.24, 2.45) is 0 Å². The number of hydrogen-bond donors (Lipinski definition) is 1. The van der Waals surface area contributed by atoms with Gasteiger partial charge in [0.15, 0.2) is 11.5 Å². The third-order valence-corrected chi connectivity index (χ3v) is 6.77. The molecular weight excluding hydrogens is 522 g/mol. The summed E-state index contributed by atoms with van der Waals surface area (Å²) < 4.78 is 22.9. The molecule has 210 valence electrons. The Labute approximate surface area is 238 Å². The molecule has 8 nitrogen and oxygen atoms in total. The van der Waals surface area contributed by atoms with E-state index in [2.05, 4.69) is 0 Å². The zero-order valence-electron chi connectivity index (χ0n) is 22.9. The third-order valence-electron chi connectivity index (χ3n) is 6.77. The predicted octanol–water partition coefficient (Wildman–Crippen LogP) is 6.28. The van der Waals surface area contributed by atoms with Crippen molar-refractivity contribution in [1.82, 2.24) is 4.90 Å². The molecule has 4 aromatic rings. The summed E-state index contributed by atoms with van der Waals surface area (Å²) in [7, 11) is 1.52. The third kappa shape index (κ3) is 5.96. The molecular formula is C33H31NO7. The van der Waals surface area contributed by atoms with Crippen molar-refractivity contribution in [3.8, 4) is 17.2 Å². The van der Waals surface area contributed by atoms with E-state index in [1.54, 1.807) is 54.6 Å². The van der Waals surface area contributed by atoms with Crippen LogP contribution in [0.1, 0.15) is 41.8 Å². The standard InChI is InChI=1S/C33H31NO7/c1-3-16-39-25-12-7-11-24(18-25)31(35)29-30(34(33(37)32(29)36)20-26-13-8-17-40-26)23-14-15-27(28(19-23)38-2)41-21-22-9-5-4-6-10-22/h4-15,17-19,30,35H,3,16,20-21H2,1-2H3/b31-29+. The number of rotatable bonds is 11. The maximum absolute atomic E-state index is 13.5. The summed E-state index contributed by atoms with van der Waals surface area (Å²) >= 11 is 0. The lowest BCUT2D eigenvalue weighted by Gasteiger charge is -2.25. The lowest BCUT2D eigenvalue weighted by molar-refractivity contribution is -0.140. The zero-order chi connectivity index (χ0) is 28.8. The Morgan fingerprint density at radius 3 is 2.49 bits per heavy atom. The summed E-state index contributed by atoms with van der Waals surface area (Å²) in [5.74, 6) is 0.166. The Kier molecular flexibility index (Phi) is 8.39. The van der Waals surface area contributed by atoms with E-state index in [0.717, 1.165) is 12.0 Å². The first kappa shape index (κ1) is 27.6. The number of aliphatic hydroxyl groups is 1. The van der Waals surface area contributed by atoms with Crippen LogP contribution in [0, 0.1) is 0 Å². The molecule has 2 heterocycles. The molecule has 0 bridgehead atoms. The number of hydrogen-bond acceptors (Lipinski definition) is 7. The second-order valence-corrected chi connectivity index (χ2v) is 9.57. The summed E-state index contributed by atoms with van der Waals surface area (Å²) in [6.07, 6.45) is 2.33. The number of nitrogens with zero attached hydrogens (tertiary/aromatic N) is 1. The van der Waals surface area contributed by atoms with E-state index in [1.165, 1.54) is 18.3 Å². The first-order valence-electron chi connectivity index (χ1n) is 13.4. The van der Waals surface area contributed by atoms with Crippen LogP contribution in [0.5, 0.6) is 17.2 Å². The van der Waals surface area contributed by atoms with Gasteiger partial charge in [-0.2, -0.15) is 0 Å². The molecule has 1 aromatic heterocycles. The molecule has 3 aromatic carbocycles. The van der Waals surface area contributed by atoms with E-state index < -0.39 is 17.7 Å². The normalized spacial score (nSPS) is 16.1. The van der Waals surface area contributed by atoms with Crippen LogP contribution in [0.3, 0.4) is 0 Å². The fraction of sp³-hybridized carbons (Fsp3) is 0.212. The van der Waals surface area contributed by atoms with E-state index in [4.69, 9.17) is 18.6 Å². The van der Waals surface area contributed by atoms with Gasteiger partial charge in [0.2, 0.25) is 0 Å². The summed E-state index contributed by atoms with van der Waals surface area (Å²) in [5.41, 5.74) is 1.90. The van der Waals surface area contributed by atoms with Gasteiger partial charge in [-0.3, -0.25) is 9.59 Å². The largest absolute Gasteiger partial charge is 0.507 e. The van der Waals surface area contributed by atoms with Crippen LogP contribution in [-0.2, 0) is 22.7 Å². The van der Waals surface area contributed by atoms with Crippen LogP contribution in [0.4, 0.5) is 0 Å². The van der Waals surface area contributed by atoms with Crippen LogP contribution in [-0.4, -0.2) is 35.4 Å². The van der Waals surface area contributed by atoms with Crippen LogP contribution in [0.25, 0.3) is 5.76 Å². The molecule has 1 amide bonds. The molecule has 1 unspecified atom stereocenters. The van der Waals surface area contributed by atoms with Gasteiger partial charge in [-0.25, -0.2) is 0 Å². The number of Topliss-reactive ketones (excluding diaryl/α,β-unsaturated/α-hetero) is 1. The first-order valence-corrected chi connectivity index (χ1v) is 13.4. The molecule has 5 rings (SSSR count). The highest BCUT2D eigenvalue weighted by molar-refractivity contribution is 6.46. The molecule has 1 N–H and O–H groups in total. The second kappa shape index (κ2) is 12.5. The molecule has 1 atom stereocenters. The van der Waals surface area contributed by atoms with Crippen LogP contribution >= 0.6 is 0 Å². The van der Waals surface area contributed by atoms with Gasteiger partial charge < -0.3 is 28.6 Å². The molecule has 0 saturated carbocycles. The Balaban J connectivity index is 1.56. The maximum Gasteiger partial charge on any atom is 0.296 e. The number of furan rings is 1. The highest BCUT2D eigenvalue weighted by atomic mass is 16.5. The number of aliphatic hydroxyl groups excluding tert-OH is 1. The molecule has 8 heteroatoms. The second-order valence-electron chi connectivity index (χ2n) is 9.57. The van der Waals surface area contributed by atoms with Crippen molar-refractivity contribution < 1.29 is 33.3 Å². The van der Waals surface area contributed by atoms with Gasteiger partial charge in [0, 0.05) is 5.56 Å². The molecule has 1 aliphatic heterocycles. The van der Waals surface area contributed by atoms with Crippen LogP contribution in [0.2, 0.25) is 0 Å². The highest BCUT2D eigenvalue weighted by Crippen LogP contribution is 2.43. The highest BCUT2D eigenvalue weighted by Gasteiger charge is 2.46. The average molecular weight is 554 g/mol. The number of amides is 1. The Morgan fingerprint density at radius 1 is 0.927 bits per heavy atom. The fourth-order valence-electron chi connectivity index (χ4n) is 4.78. The first-order chi connectivity index (χ1) is 20.0. The van der Waals surface area contributed by atoms with Gasteiger partial charge in [-0.05, 0) is 53.9 Å². The SMILES string of the molecule is CCCOc1cccc(/C(O)=C2\C(=O)C(=O)N(Cc3ccco3)C2c2ccc(OCc3ccccc3)c(OC)c2)c1. The van der Waals surface area contributed by atoms with Gasteiger partial charge >= 0.3 is 0 Å². The number of likely N-dealkylation sites (tertiary alicyclic amines) is 1. The van der Waals surface area contributed by atoms with Gasteiger partial charge in [0.05, 0.1) is 38.1 Å². The molecule has 41 heavy (non-hydrogen) atoms. The number of ether oxygens (including phenoxy) is 3. The summed E-state index contributed by atoms with van der Waals surface area (Å²) in [6, 6.07) is 24.3. The van der Waals surface area contributed by atoms with Crippen molar-refractivity contribution in [3.05, 3.63) is 119 Å². The smallest absolute Gasteiger partial charge is 0.296 e. The predicted molar refractivity (Wildman–Crippen MR) is 153 cm³/mol. The molecule has 0 aliphatic carbocycles. The van der Waals surface area contributed by atoms with Crippen LogP contribution < -0.4 is 14.2 Å². The van der Waals surface area contributed by atoms with Gasteiger partial charge in [-0.1, -0.05) is 55.5 Å². The van der Waals surface area contributed by atoms with Crippen LogP contribution in [0.15, 0.2) is 101 Å². The Bertz CT molecular complexity index is 1540. The van der Waals surface area contributed by atoms with E-state index in [0.29, 0.717) is 47.3 Å². The van der Waals surface area contributed by atoms with Gasteiger partial charge in [0.1, 0.15) is 23.9 Å². The van der Waals surface area contributed by atoms with Crippen molar-refractivity contribution in [3.63, 3.8) is 0 Å². The zero-order valence-corrected chi connectivity index (χ0v) is 22.9. The van der Waals surface area contributed by atoms with Gasteiger partial charge in [0.25, 0.3) is 11.7 Å². The molecule has 0 spiro atoms. The molecule has 1 aliphatic rings. The van der Waals surface area contributed by atoms with E-state index in [-0.39, 0.29) is 17.9 Å². The average Bonchev–Trinajstić information content (AvgIpc) is 3.61. The quantitative estimate of drug-likeness (QED) is 0.133. The summed E-state index contributed by atoms with van der Waals surface area (Å²) in [5, 5.41) is 11.5. The Hall–Kier alpha value is -4.98. The van der Waals surface area contributed by atoms with Gasteiger partial charge in [-0.15, -0.1) is 0 Å². The topological polar surface area (TPSA) is 98.4 Å². The van der Waals surface area contributed by atoms with Crippen molar-refractivity contribution >= 4 is 17.4 Å². The van der Waals surface area contributed by atoms with E-state index in [1.807, 2.05) is 37.3 Å². The van der Waals surface area contributed by atoms with Crippen molar-refractivity contribution in [2.75, 3.05) is 13.7 Å². The number of ketones is 1. The number of benzene rings is 3. The van der Waals surface area contributed by atoms with E-state index >= 15 is 0 Å². The lowest BCUT2D eigenvalue weighted by atomic mass is 9.95. The maximum atomic E-state index is 13.5. The monoisotopic (exact) mass is 553 g/mol.